The first kappa shape index (κ1) is 35.7. The Morgan fingerprint density at radius 1 is 1.00 bits per heavy atom. The standard InChI is InChI=1S/C28H47N3O2.C4H4O4/c1-5-6-7-8-9-10-11-12-13-14-20-33-28-25(32-4)21-24(31-23(3)16-15-18-29)27-26(28)22(2)17-19-30-27;5-3(6)1-2-4(7)8/h17,19,21,23,31H,5-16,18,20,29H2,1-4H3;1-2H,(H,5,6)(H,7,8). The minimum Gasteiger partial charge on any atom is -0.493 e. The summed E-state index contributed by atoms with van der Waals surface area (Å²) in [6, 6.07) is 4.38. The summed E-state index contributed by atoms with van der Waals surface area (Å²) in [5, 5.41) is 20.3. The fraction of sp³-hybridized carbons (Fsp3) is 0.594. The van der Waals surface area contributed by atoms with Crippen LogP contribution in [0.25, 0.3) is 10.9 Å². The quantitative estimate of drug-likeness (QED) is 0.0962. The average Bonchev–Trinajstić information content (AvgIpc) is 2.94. The number of aromatic nitrogens is 1. The Hall–Kier alpha value is -3.33. The molecule has 1 heterocycles. The molecule has 2 rings (SSSR count). The van der Waals surface area contributed by atoms with Crippen LogP contribution in [0.4, 0.5) is 5.69 Å². The number of hydrogen-bond acceptors (Lipinski definition) is 7. The van der Waals surface area contributed by atoms with Crippen LogP contribution in [0.1, 0.15) is 96.5 Å². The van der Waals surface area contributed by atoms with Gasteiger partial charge in [0, 0.05) is 30.5 Å². The van der Waals surface area contributed by atoms with Gasteiger partial charge < -0.3 is 30.7 Å². The Bertz CT molecular complexity index is 1060. The van der Waals surface area contributed by atoms with E-state index in [-0.39, 0.29) is 0 Å². The number of carbonyl (C=O) groups is 2. The number of pyridine rings is 1. The number of nitrogens with two attached hydrogens (primary N) is 1. The third-order valence-corrected chi connectivity index (χ3v) is 6.72. The molecular formula is C32H51N3O6. The number of benzene rings is 1. The van der Waals surface area contributed by atoms with Gasteiger partial charge in [-0.1, -0.05) is 64.7 Å². The van der Waals surface area contributed by atoms with E-state index in [0.29, 0.717) is 31.3 Å². The van der Waals surface area contributed by atoms with Gasteiger partial charge in [0.1, 0.15) is 0 Å². The van der Waals surface area contributed by atoms with Gasteiger partial charge in [0.2, 0.25) is 0 Å². The number of methoxy groups -OCH3 is 1. The molecule has 41 heavy (non-hydrogen) atoms. The summed E-state index contributed by atoms with van der Waals surface area (Å²) in [6.07, 6.45) is 18.2. The number of anilines is 1. The summed E-state index contributed by atoms with van der Waals surface area (Å²) in [7, 11) is 1.71. The molecule has 9 heteroatoms. The minimum absolute atomic E-state index is 0.308. The predicted octanol–water partition coefficient (Wildman–Crippen LogP) is 7.10. The third-order valence-electron chi connectivity index (χ3n) is 6.72. The van der Waals surface area contributed by atoms with Gasteiger partial charge in [0.15, 0.2) is 11.5 Å². The van der Waals surface area contributed by atoms with Gasteiger partial charge in [-0.2, -0.15) is 0 Å². The maximum absolute atomic E-state index is 9.55. The normalized spacial score (nSPS) is 11.6. The summed E-state index contributed by atoms with van der Waals surface area (Å²) in [6.45, 7) is 7.97. The number of unbranched alkanes of at least 4 members (excludes halogenated alkanes) is 9. The molecule has 0 amide bonds. The molecule has 0 fully saturated rings. The molecule has 0 aliphatic carbocycles. The molecule has 0 aliphatic heterocycles. The second-order valence-electron chi connectivity index (χ2n) is 10.3. The molecule has 0 spiro atoms. The molecule has 0 saturated heterocycles. The van der Waals surface area contributed by atoms with Crippen molar-refractivity contribution in [2.45, 2.75) is 104 Å². The minimum atomic E-state index is -1.26. The van der Waals surface area contributed by atoms with Gasteiger partial charge in [0.25, 0.3) is 0 Å². The molecule has 0 bridgehead atoms. The zero-order valence-electron chi connectivity index (χ0n) is 25.4. The van der Waals surface area contributed by atoms with Crippen molar-refractivity contribution in [3.05, 3.63) is 36.0 Å². The number of ether oxygens (including phenoxy) is 2. The van der Waals surface area contributed by atoms with Crippen LogP contribution in [0.2, 0.25) is 0 Å². The molecular weight excluding hydrogens is 522 g/mol. The first-order valence-electron chi connectivity index (χ1n) is 14.9. The molecule has 1 unspecified atom stereocenters. The summed E-state index contributed by atoms with van der Waals surface area (Å²) >= 11 is 0. The molecule has 2 aromatic rings. The lowest BCUT2D eigenvalue weighted by Crippen LogP contribution is -2.17. The van der Waals surface area contributed by atoms with Gasteiger partial charge in [-0.25, -0.2) is 9.59 Å². The van der Waals surface area contributed by atoms with Crippen LogP contribution in [0.15, 0.2) is 30.5 Å². The van der Waals surface area contributed by atoms with Gasteiger partial charge in [-0.3, -0.25) is 4.98 Å². The number of fused-ring (bicyclic) bond motifs is 1. The van der Waals surface area contributed by atoms with Crippen molar-refractivity contribution in [2.75, 3.05) is 25.6 Å². The van der Waals surface area contributed by atoms with Crippen molar-refractivity contribution in [1.82, 2.24) is 4.98 Å². The average molecular weight is 574 g/mol. The Kier molecular flexibility index (Phi) is 18.7. The van der Waals surface area contributed by atoms with Gasteiger partial charge in [-0.15, -0.1) is 0 Å². The van der Waals surface area contributed by atoms with Crippen molar-refractivity contribution >= 4 is 28.5 Å². The van der Waals surface area contributed by atoms with E-state index in [1.54, 1.807) is 7.11 Å². The van der Waals surface area contributed by atoms with E-state index < -0.39 is 11.9 Å². The van der Waals surface area contributed by atoms with Crippen LogP contribution in [0.3, 0.4) is 0 Å². The number of carboxylic acid groups (broad SMARTS) is 2. The molecule has 5 N–H and O–H groups in total. The van der Waals surface area contributed by atoms with E-state index in [4.69, 9.17) is 30.4 Å². The van der Waals surface area contributed by atoms with Gasteiger partial charge in [0.05, 0.1) is 30.3 Å². The molecule has 9 nitrogen and oxygen atoms in total. The first-order chi connectivity index (χ1) is 19.7. The highest BCUT2D eigenvalue weighted by molar-refractivity contribution is 5.99. The van der Waals surface area contributed by atoms with Crippen LogP contribution in [0.5, 0.6) is 11.5 Å². The molecule has 230 valence electrons. The van der Waals surface area contributed by atoms with Crippen LogP contribution in [0, 0.1) is 6.92 Å². The van der Waals surface area contributed by atoms with Crippen molar-refractivity contribution in [2.24, 2.45) is 5.73 Å². The van der Waals surface area contributed by atoms with Crippen molar-refractivity contribution < 1.29 is 29.3 Å². The van der Waals surface area contributed by atoms with Gasteiger partial charge >= 0.3 is 11.9 Å². The zero-order chi connectivity index (χ0) is 30.5. The molecule has 1 aromatic carbocycles. The number of nitrogens with one attached hydrogen (secondary N) is 1. The van der Waals surface area contributed by atoms with E-state index >= 15 is 0 Å². The number of aliphatic carboxylic acids is 2. The largest absolute Gasteiger partial charge is 0.493 e. The fourth-order valence-corrected chi connectivity index (χ4v) is 4.51. The molecule has 0 radical (unpaired) electrons. The Labute approximate surface area is 245 Å². The number of carboxylic acids is 2. The van der Waals surface area contributed by atoms with Gasteiger partial charge in [-0.05, 0) is 51.3 Å². The predicted molar refractivity (Wildman–Crippen MR) is 166 cm³/mol. The lowest BCUT2D eigenvalue weighted by atomic mass is 10.1. The summed E-state index contributed by atoms with van der Waals surface area (Å²) in [5.41, 5.74) is 8.76. The highest BCUT2D eigenvalue weighted by atomic mass is 16.5. The number of nitrogens with zero attached hydrogens (tertiary/aromatic N) is 1. The van der Waals surface area contributed by atoms with E-state index in [1.165, 1.54) is 57.8 Å². The molecule has 0 aliphatic rings. The SMILES string of the molecule is CCCCCCCCCCCCOc1c(OC)cc(NC(C)CCCN)c2nccc(C)c12.O=C(O)C=CC(=O)O. The molecule has 0 saturated carbocycles. The summed E-state index contributed by atoms with van der Waals surface area (Å²) in [5.74, 6) is -0.937. The second-order valence-corrected chi connectivity index (χ2v) is 10.3. The Morgan fingerprint density at radius 2 is 1.59 bits per heavy atom. The fourth-order valence-electron chi connectivity index (χ4n) is 4.51. The highest BCUT2D eigenvalue weighted by Crippen LogP contribution is 2.41. The van der Waals surface area contributed by atoms with Crippen molar-refractivity contribution in [3.8, 4) is 11.5 Å². The van der Waals surface area contributed by atoms with Crippen LogP contribution >= 0.6 is 0 Å². The van der Waals surface area contributed by atoms with Crippen LogP contribution in [-0.4, -0.2) is 53.4 Å². The smallest absolute Gasteiger partial charge is 0.328 e. The van der Waals surface area contributed by atoms with E-state index in [1.807, 2.05) is 18.3 Å². The second kappa shape index (κ2) is 21.4. The number of aryl methyl sites for hydroxylation is 1. The van der Waals surface area contributed by atoms with Crippen LogP contribution < -0.4 is 20.5 Å². The Balaban J connectivity index is 0.000000915. The first-order valence-corrected chi connectivity index (χ1v) is 14.9. The lowest BCUT2D eigenvalue weighted by Gasteiger charge is -2.20. The number of hydrogen-bond donors (Lipinski definition) is 4. The van der Waals surface area contributed by atoms with Crippen molar-refractivity contribution in [1.29, 1.82) is 0 Å². The Morgan fingerprint density at radius 3 is 2.12 bits per heavy atom. The van der Waals surface area contributed by atoms with E-state index in [9.17, 15) is 9.59 Å². The maximum atomic E-state index is 9.55. The topological polar surface area (TPSA) is 144 Å². The van der Waals surface area contributed by atoms with E-state index in [2.05, 4.69) is 26.1 Å². The van der Waals surface area contributed by atoms with Crippen LogP contribution in [-0.2, 0) is 9.59 Å². The number of rotatable bonds is 20. The van der Waals surface area contributed by atoms with E-state index in [0.717, 1.165) is 52.9 Å². The molecule has 1 aromatic heterocycles. The zero-order valence-corrected chi connectivity index (χ0v) is 25.4. The maximum Gasteiger partial charge on any atom is 0.328 e. The van der Waals surface area contributed by atoms with Crippen molar-refractivity contribution in [3.63, 3.8) is 0 Å². The third kappa shape index (κ3) is 14.7. The summed E-state index contributed by atoms with van der Waals surface area (Å²) in [4.78, 5) is 23.8. The summed E-state index contributed by atoms with van der Waals surface area (Å²) < 4.78 is 12.1. The monoisotopic (exact) mass is 573 g/mol. The highest BCUT2D eigenvalue weighted by Gasteiger charge is 2.18. The lowest BCUT2D eigenvalue weighted by molar-refractivity contribution is -0.134. The molecule has 1 atom stereocenters.